The molecule has 20 heavy (non-hydrogen) atoms. The van der Waals surface area contributed by atoms with E-state index in [0.717, 1.165) is 29.5 Å². The van der Waals surface area contributed by atoms with E-state index in [2.05, 4.69) is 26.1 Å². The van der Waals surface area contributed by atoms with Gasteiger partial charge in [-0.25, -0.2) is 0 Å². The molecule has 108 valence electrons. The highest BCUT2D eigenvalue weighted by molar-refractivity contribution is 9.09. The van der Waals surface area contributed by atoms with Crippen molar-refractivity contribution in [3.63, 3.8) is 0 Å². The van der Waals surface area contributed by atoms with E-state index in [1.165, 1.54) is 0 Å². The molecular formula is C15H19BrN2O2. The van der Waals surface area contributed by atoms with Crippen molar-refractivity contribution < 1.29 is 9.15 Å². The summed E-state index contributed by atoms with van der Waals surface area (Å²) in [7, 11) is 0. The predicted molar refractivity (Wildman–Crippen MR) is 82.2 cm³/mol. The van der Waals surface area contributed by atoms with Gasteiger partial charge < -0.3 is 9.15 Å². The summed E-state index contributed by atoms with van der Waals surface area (Å²) in [6.45, 7) is 6.07. The Morgan fingerprint density at radius 2 is 1.85 bits per heavy atom. The Kier molecular flexibility index (Phi) is 4.81. The van der Waals surface area contributed by atoms with E-state index in [-0.39, 0.29) is 5.60 Å². The van der Waals surface area contributed by atoms with Crippen molar-refractivity contribution >= 4 is 15.9 Å². The molecular weight excluding hydrogens is 320 g/mol. The van der Waals surface area contributed by atoms with E-state index in [1.807, 2.05) is 45.0 Å². The number of hydrogen-bond donors (Lipinski definition) is 0. The molecule has 0 amide bonds. The molecule has 0 aliphatic rings. The molecule has 0 fully saturated rings. The quantitative estimate of drug-likeness (QED) is 0.765. The minimum Gasteiger partial charge on any atom is -0.488 e. The number of rotatable bonds is 5. The molecule has 1 aromatic heterocycles. The second-order valence-electron chi connectivity index (χ2n) is 5.53. The third-order valence-electron chi connectivity index (χ3n) is 2.52. The largest absolute Gasteiger partial charge is 0.488 e. The average Bonchev–Trinajstić information content (AvgIpc) is 2.84. The Morgan fingerprint density at radius 1 is 1.15 bits per heavy atom. The summed E-state index contributed by atoms with van der Waals surface area (Å²) in [5, 5.41) is 9.05. The standard InChI is InChI=1S/C15H19BrN2O2/c1-15(2,3)20-12-8-6-11(7-9-12)14-18-17-13(19-14)5-4-10-16/h6-9H,4-5,10H2,1-3H3. The van der Waals surface area contributed by atoms with E-state index in [1.54, 1.807) is 0 Å². The molecule has 0 spiro atoms. The molecule has 0 N–H and O–H groups in total. The van der Waals surface area contributed by atoms with Crippen molar-refractivity contribution in [1.82, 2.24) is 10.2 Å². The van der Waals surface area contributed by atoms with Crippen LogP contribution in [0.15, 0.2) is 28.7 Å². The summed E-state index contributed by atoms with van der Waals surface area (Å²) in [5.41, 5.74) is 0.707. The van der Waals surface area contributed by atoms with Crippen LogP contribution in [0.5, 0.6) is 5.75 Å². The van der Waals surface area contributed by atoms with Gasteiger partial charge in [0.2, 0.25) is 11.8 Å². The molecule has 2 aromatic rings. The lowest BCUT2D eigenvalue weighted by atomic mass is 10.1. The first kappa shape index (κ1) is 15.0. The molecule has 0 saturated heterocycles. The first-order valence-electron chi connectivity index (χ1n) is 6.66. The van der Waals surface area contributed by atoms with Crippen molar-refractivity contribution in [3.05, 3.63) is 30.2 Å². The smallest absolute Gasteiger partial charge is 0.247 e. The van der Waals surface area contributed by atoms with E-state index < -0.39 is 0 Å². The van der Waals surface area contributed by atoms with Gasteiger partial charge in [-0.2, -0.15) is 0 Å². The molecule has 0 unspecified atom stereocenters. The molecule has 0 saturated carbocycles. The van der Waals surface area contributed by atoms with Gasteiger partial charge >= 0.3 is 0 Å². The highest BCUT2D eigenvalue weighted by Crippen LogP contribution is 2.24. The van der Waals surface area contributed by atoms with Crippen LogP contribution in [0.2, 0.25) is 0 Å². The van der Waals surface area contributed by atoms with Gasteiger partial charge in [0.05, 0.1) is 0 Å². The lowest BCUT2D eigenvalue weighted by Crippen LogP contribution is -2.22. The topological polar surface area (TPSA) is 48.2 Å². The second kappa shape index (κ2) is 6.39. The summed E-state index contributed by atoms with van der Waals surface area (Å²) in [5.74, 6) is 2.06. The van der Waals surface area contributed by atoms with Gasteiger partial charge in [0.15, 0.2) is 0 Å². The van der Waals surface area contributed by atoms with Crippen LogP contribution in [0.4, 0.5) is 0 Å². The highest BCUT2D eigenvalue weighted by atomic mass is 79.9. The van der Waals surface area contributed by atoms with E-state index in [9.17, 15) is 0 Å². The van der Waals surface area contributed by atoms with Gasteiger partial charge in [-0.15, -0.1) is 10.2 Å². The molecule has 0 aliphatic heterocycles. The van der Waals surface area contributed by atoms with Crippen molar-refractivity contribution in [1.29, 1.82) is 0 Å². The summed E-state index contributed by atoms with van der Waals surface area (Å²) < 4.78 is 11.4. The molecule has 0 radical (unpaired) electrons. The maximum Gasteiger partial charge on any atom is 0.247 e. The van der Waals surface area contributed by atoms with E-state index >= 15 is 0 Å². The normalized spacial score (nSPS) is 11.6. The number of hydrogen-bond acceptors (Lipinski definition) is 4. The van der Waals surface area contributed by atoms with Crippen LogP contribution < -0.4 is 4.74 Å². The number of ether oxygens (including phenoxy) is 1. The van der Waals surface area contributed by atoms with Gasteiger partial charge in [-0.05, 0) is 51.5 Å². The Hall–Kier alpha value is -1.36. The van der Waals surface area contributed by atoms with E-state index in [0.29, 0.717) is 11.8 Å². The summed E-state index contributed by atoms with van der Waals surface area (Å²) in [4.78, 5) is 0. The van der Waals surface area contributed by atoms with E-state index in [4.69, 9.17) is 9.15 Å². The zero-order valence-electron chi connectivity index (χ0n) is 12.0. The molecule has 1 heterocycles. The second-order valence-corrected chi connectivity index (χ2v) is 6.33. The third kappa shape index (κ3) is 4.34. The zero-order chi connectivity index (χ0) is 14.6. The van der Waals surface area contributed by atoms with Gasteiger partial charge in [-0.1, -0.05) is 15.9 Å². The van der Waals surface area contributed by atoms with Crippen LogP contribution in [-0.2, 0) is 6.42 Å². The fourth-order valence-electron chi connectivity index (χ4n) is 1.71. The van der Waals surface area contributed by atoms with Gasteiger partial charge in [0.1, 0.15) is 11.4 Å². The SMILES string of the molecule is CC(C)(C)Oc1ccc(-c2nnc(CCCBr)o2)cc1. The minimum atomic E-state index is -0.200. The number of halogens is 1. The average molecular weight is 339 g/mol. The van der Waals surface area contributed by atoms with Crippen LogP contribution in [0.25, 0.3) is 11.5 Å². The summed E-state index contributed by atoms with van der Waals surface area (Å²) in [6, 6.07) is 7.71. The maximum atomic E-state index is 5.78. The fraction of sp³-hybridized carbons (Fsp3) is 0.467. The van der Waals surface area contributed by atoms with Gasteiger partial charge in [-0.3, -0.25) is 0 Å². The molecule has 5 heteroatoms. The first-order chi connectivity index (χ1) is 9.48. The fourth-order valence-corrected chi connectivity index (χ4v) is 1.99. The molecule has 4 nitrogen and oxygen atoms in total. The molecule has 0 aliphatic carbocycles. The minimum absolute atomic E-state index is 0.200. The Labute approximate surface area is 127 Å². The van der Waals surface area contributed by atoms with Crippen molar-refractivity contribution in [2.75, 3.05) is 5.33 Å². The van der Waals surface area contributed by atoms with Crippen molar-refractivity contribution in [2.45, 2.75) is 39.2 Å². The number of aryl methyl sites for hydroxylation is 1. The van der Waals surface area contributed by atoms with Gasteiger partial charge in [0, 0.05) is 17.3 Å². The van der Waals surface area contributed by atoms with Crippen LogP contribution in [0.3, 0.4) is 0 Å². The molecule has 0 atom stereocenters. The summed E-state index contributed by atoms with van der Waals surface area (Å²) >= 11 is 3.39. The van der Waals surface area contributed by atoms with Crippen LogP contribution in [-0.4, -0.2) is 21.1 Å². The number of nitrogens with zero attached hydrogens (tertiary/aromatic N) is 2. The third-order valence-corrected chi connectivity index (χ3v) is 3.08. The number of alkyl halides is 1. The number of benzene rings is 1. The molecule has 0 bridgehead atoms. The lowest BCUT2D eigenvalue weighted by Gasteiger charge is -2.21. The van der Waals surface area contributed by atoms with Crippen LogP contribution >= 0.6 is 15.9 Å². The van der Waals surface area contributed by atoms with Gasteiger partial charge in [0.25, 0.3) is 0 Å². The molecule has 1 aromatic carbocycles. The van der Waals surface area contributed by atoms with Crippen molar-refractivity contribution in [3.8, 4) is 17.2 Å². The Bertz CT molecular complexity index is 544. The Morgan fingerprint density at radius 3 is 2.45 bits per heavy atom. The highest BCUT2D eigenvalue weighted by Gasteiger charge is 2.12. The monoisotopic (exact) mass is 338 g/mol. The van der Waals surface area contributed by atoms with Crippen LogP contribution in [0.1, 0.15) is 33.1 Å². The maximum absolute atomic E-state index is 5.78. The summed E-state index contributed by atoms with van der Waals surface area (Å²) in [6.07, 6.45) is 1.78. The number of aromatic nitrogens is 2. The zero-order valence-corrected chi connectivity index (χ0v) is 13.6. The van der Waals surface area contributed by atoms with Crippen LogP contribution in [0, 0.1) is 0 Å². The Balaban J connectivity index is 2.07. The molecule has 2 rings (SSSR count). The van der Waals surface area contributed by atoms with Crippen molar-refractivity contribution in [2.24, 2.45) is 0 Å². The predicted octanol–water partition coefficient (Wildman–Crippen LogP) is 4.24. The first-order valence-corrected chi connectivity index (χ1v) is 7.78. The lowest BCUT2D eigenvalue weighted by molar-refractivity contribution is 0.131.